The monoisotopic (exact) mass is 291 g/mol. The van der Waals surface area contributed by atoms with Gasteiger partial charge in [0.05, 0.1) is 18.5 Å². The number of carbonyl (C=O) groups is 1. The lowest BCUT2D eigenvalue weighted by Gasteiger charge is -2.29. The van der Waals surface area contributed by atoms with E-state index in [0.717, 1.165) is 18.8 Å². The van der Waals surface area contributed by atoms with Gasteiger partial charge in [0.15, 0.2) is 0 Å². The van der Waals surface area contributed by atoms with Crippen LogP contribution in [0.15, 0.2) is 12.3 Å². The fourth-order valence-electron chi connectivity index (χ4n) is 2.87. The van der Waals surface area contributed by atoms with E-state index >= 15 is 0 Å². The highest BCUT2D eigenvalue weighted by molar-refractivity contribution is 5.95. The van der Waals surface area contributed by atoms with Gasteiger partial charge in [-0.1, -0.05) is 13.3 Å². The summed E-state index contributed by atoms with van der Waals surface area (Å²) in [6, 6.07) is 2.00. The smallest absolute Gasteiger partial charge is 0.341 e. The number of nitrogens with one attached hydrogen (secondary N) is 1. The summed E-state index contributed by atoms with van der Waals surface area (Å²) >= 11 is 0. The number of pyridine rings is 1. The molecule has 0 amide bonds. The first kappa shape index (κ1) is 15.6. The second-order valence-corrected chi connectivity index (χ2v) is 5.66. The molecule has 1 aliphatic carbocycles. The normalized spacial score (nSPS) is 21.8. The number of aromatic nitrogens is 1. The Labute approximate surface area is 126 Å². The Morgan fingerprint density at radius 2 is 2.10 bits per heavy atom. The van der Waals surface area contributed by atoms with E-state index < -0.39 is 0 Å². The predicted molar refractivity (Wildman–Crippen MR) is 84.3 cm³/mol. The molecule has 0 spiro atoms. The number of rotatable bonds is 5. The van der Waals surface area contributed by atoms with Crippen molar-refractivity contribution in [1.29, 1.82) is 0 Å². The fourth-order valence-corrected chi connectivity index (χ4v) is 2.87. The molecule has 0 bridgehead atoms. The van der Waals surface area contributed by atoms with E-state index in [1.54, 1.807) is 19.2 Å². The first-order valence-corrected chi connectivity index (χ1v) is 7.83. The molecule has 0 aliphatic heterocycles. The average Bonchev–Trinajstić information content (AvgIpc) is 2.50. The zero-order chi connectivity index (χ0) is 15.2. The van der Waals surface area contributed by atoms with Gasteiger partial charge in [-0.2, -0.15) is 0 Å². The zero-order valence-electron chi connectivity index (χ0n) is 12.9. The molecular weight excluding hydrogens is 266 g/mol. The second-order valence-electron chi connectivity index (χ2n) is 5.66. The molecule has 0 atom stereocenters. The molecule has 0 aromatic carbocycles. The summed E-state index contributed by atoms with van der Waals surface area (Å²) < 4.78 is 5.07. The summed E-state index contributed by atoms with van der Waals surface area (Å²) in [5, 5.41) is 3.39. The molecule has 1 fully saturated rings. The highest BCUT2D eigenvalue weighted by Crippen LogP contribution is 2.29. The largest absolute Gasteiger partial charge is 0.462 e. The number of carbonyl (C=O) groups excluding carboxylic acids is 1. The number of nitrogens with two attached hydrogens (primary N) is 1. The van der Waals surface area contributed by atoms with Crippen molar-refractivity contribution in [3.8, 4) is 0 Å². The van der Waals surface area contributed by atoms with Crippen molar-refractivity contribution in [2.45, 2.75) is 52.0 Å². The van der Waals surface area contributed by atoms with Crippen LogP contribution in [0, 0.1) is 5.92 Å². The second kappa shape index (κ2) is 7.29. The summed E-state index contributed by atoms with van der Waals surface area (Å²) in [6.45, 7) is 4.38. The number of anilines is 2. The number of hydrogen-bond acceptors (Lipinski definition) is 5. The van der Waals surface area contributed by atoms with Gasteiger partial charge in [0.1, 0.15) is 11.4 Å². The van der Waals surface area contributed by atoms with Crippen LogP contribution in [-0.4, -0.2) is 23.6 Å². The Bertz CT molecular complexity index is 482. The third kappa shape index (κ3) is 4.09. The van der Waals surface area contributed by atoms with Crippen LogP contribution < -0.4 is 11.1 Å². The van der Waals surface area contributed by atoms with Crippen LogP contribution in [0.5, 0.6) is 0 Å². The topological polar surface area (TPSA) is 77.2 Å². The number of esters is 1. The lowest BCUT2D eigenvalue weighted by Crippen LogP contribution is -2.27. The van der Waals surface area contributed by atoms with Crippen LogP contribution in [-0.2, 0) is 4.74 Å². The molecule has 1 aromatic rings. The lowest BCUT2D eigenvalue weighted by molar-refractivity contribution is 0.0527. The standard InChI is InChI=1S/C16H25N3O2/c1-3-11-5-7-13(8-6-11)19-15-14(16(20)21-4-2)9-12(17)10-18-15/h9-11,13H,3-8,17H2,1-2H3,(H,18,19). The minimum atomic E-state index is -0.373. The van der Waals surface area contributed by atoms with E-state index in [-0.39, 0.29) is 5.97 Å². The number of nitrogen functional groups attached to an aromatic ring is 1. The van der Waals surface area contributed by atoms with Gasteiger partial charge in [0.2, 0.25) is 0 Å². The van der Waals surface area contributed by atoms with Crippen molar-refractivity contribution in [1.82, 2.24) is 4.98 Å². The van der Waals surface area contributed by atoms with E-state index in [0.29, 0.717) is 29.7 Å². The van der Waals surface area contributed by atoms with Gasteiger partial charge in [-0.05, 0) is 44.6 Å². The average molecular weight is 291 g/mol. The fraction of sp³-hybridized carbons (Fsp3) is 0.625. The van der Waals surface area contributed by atoms with Gasteiger partial charge in [-0.3, -0.25) is 0 Å². The number of nitrogens with zero attached hydrogens (tertiary/aromatic N) is 1. The summed E-state index contributed by atoms with van der Waals surface area (Å²) in [5.74, 6) is 1.05. The van der Waals surface area contributed by atoms with Crippen molar-refractivity contribution >= 4 is 17.5 Å². The molecule has 1 aliphatic rings. The molecule has 1 aromatic heterocycles. The maximum Gasteiger partial charge on any atom is 0.341 e. The molecule has 1 saturated carbocycles. The quantitative estimate of drug-likeness (QED) is 0.814. The van der Waals surface area contributed by atoms with Crippen molar-refractivity contribution in [3.63, 3.8) is 0 Å². The molecule has 5 heteroatoms. The van der Waals surface area contributed by atoms with Gasteiger partial charge in [-0.15, -0.1) is 0 Å². The third-order valence-corrected chi connectivity index (χ3v) is 4.17. The first-order chi connectivity index (χ1) is 10.1. The lowest BCUT2D eigenvalue weighted by atomic mass is 9.84. The molecule has 21 heavy (non-hydrogen) atoms. The number of ether oxygens (including phenoxy) is 1. The molecule has 0 radical (unpaired) electrons. The highest BCUT2D eigenvalue weighted by atomic mass is 16.5. The van der Waals surface area contributed by atoms with Crippen LogP contribution in [0.2, 0.25) is 0 Å². The molecule has 2 rings (SSSR count). The molecular formula is C16H25N3O2. The van der Waals surface area contributed by atoms with E-state index in [1.807, 2.05) is 0 Å². The van der Waals surface area contributed by atoms with Crippen LogP contribution in [0.25, 0.3) is 0 Å². The Hall–Kier alpha value is -1.78. The maximum atomic E-state index is 12.0. The molecule has 0 saturated heterocycles. The SMILES string of the molecule is CCOC(=O)c1cc(N)cnc1NC1CCC(CC)CC1. The molecule has 1 heterocycles. The van der Waals surface area contributed by atoms with Crippen molar-refractivity contribution in [3.05, 3.63) is 17.8 Å². The highest BCUT2D eigenvalue weighted by Gasteiger charge is 2.22. The van der Waals surface area contributed by atoms with Gasteiger partial charge >= 0.3 is 5.97 Å². The minimum absolute atomic E-state index is 0.342. The van der Waals surface area contributed by atoms with Crippen molar-refractivity contribution in [2.24, 2.45) is 5.92 Å². The van der Waals surface area contributed by atoms with E-state index in [2.05, 4.69) is 17.2 Å². The van der Waals surface area contributed by atoms with E-state index in [9.17, 15) is 4.79 Å². The predicted octanol–water partition coefficient (Wildman–Crippen LogP) is 3.22. The summed E-state index contributed by atoms with van der Waals surface area (Å²) in [4.78, 5) is 16.3. The van der Waals surface area contributed by atoms with Gasteiger partial charge in [0.25, 0.3) is 0 Å². The van der Waals surface area contributed by atoms with Crippen molar-refractivity contribution < 1.29 is 9.53 Å². The first-order valence-electron chi connectivity index (χ1n) is 7.83. The van der Waals surface area contributed by atoms with Gasteiger partial charge < -0.3 is 15.8 Å². The van der Waals surface area contributed by atoms with Crippen LogP contribution in [0.3, 0.4) is 0 Å². The Kier molecular flexibility index (Phi) is 5.42. The minimum Gasteiger partial charge on any atom is -0.462 e. The Morgan fingerprint density at radius 3 is 2.71 bits per heavy atom. The third-order valence-electron chi connectivity index (χ3n) is 4.17. The van der Waals surface area contributed by atoms with E-state index in [4.69, 9.17) is 10.5 Å². The van der Waals surface area contributed by atoms with Crippen LogP contribution in [0.1, 0.15) is 56.3 Å². The molecule has 5 nitrogen and oxygen atoms in total. The van der Waals surface area contributed by atoms with Crippen LogP contribution >= 0.6 is 0 Å². The van der Waals surface area contributed by atoms with Crippen LogP contribution in [0.4, 0.5) is 11.5 Å². The van der Waals surface area contributed by atoms with Crippen molar-refractivity contribution in [2.75, 3.05) is 17.7 Å². The van der Waals surface area contributed by atoms with E-state index in [1.165, 1.54) is 19.3 Å². The molecule has 116 valence electrons. The van der Waals surface area contributed by atoms with Gasteiger partial charge in [-0.25, -0.2) is 9.78 Å². The molecule has 0 unspecified atom stereocenters. The zero-order valence-corrected chi connectivity index (χ0v) is 12.9. The van der Waals surface area contributed by atoms with Gasteiger partial charge in [0, 0.05) is 6.04 Å². The summed E-state index contributed by atoms with van der Waals surface area (Å²) in [6.07, 6.45) is 7.53. The Morgan fingerprint density at radius 1 is 1.38 bits per heavy atom. The molecule has 3 N–H and O–H groups in total. The number of hydrogen-bond donors (Lipinski definition) is 2. The summed E-state index contributed by atoms with van der Waals surface area (Å²) in [5.41, 5.74) is 6.63. The maximum absolute atomic E-state index is 12.0. The Balaban J connectivity index is 2.07. The summed E-state index contributed by atoms with van der Waals surface area (Å²) in [7, 11) is 0.